The molecule has 3 aliphatic carbocycles. The van der Waals surface area contributed by atoms with Crippen LogP contribution in [0.3, 0.4) is 0 Å². The molecule has 24 aromatic rings. The second-order valence-corrected chi connectivity index (χ2v) is 37.5. The quantitative estimate of drug-likeness (QED) is 0.0978. The molecule has 3 aliphatic rings. The van der Waals surface area contributed by atoms with Crippen molar-refractivity contribution < 1.29 is 0 Å². The van der Waals surface area contributed by atoms with Gasteiger partial charge in [0.25, 0.3) is 0 Å². The van der Waals surface area contributed by atoms with Crippen LogP contribution >= 0.6 is 50.7 Å². The predicted octanol–water partition coefficient (Wildman–Crippen LogP) is 34.6. The molecule has 15 heteroatoms. The lowest BCUT2D eigenvalue weighted by molar-refractivity contribution is 1.07. The fourth-order valence-electron chi connectivity index (χ4n) is 19.3. The SMILES string of the molecule is Brc1ccc(-c2nc(-c3ccccc3)nc(-c3cccc(-c4ccccc4)c3)n2)cc1.Clc1c2c(cc3ccccc13)C1=C(C=[C+]C=C1)C2.Clc1c2ccccc2cc2c3ccccc3n(-c3ccc(-c4nc(-c5ccccc5)nc(-c5cccc(-c6ccccc6)c5)n4)cc3)c12.Clc1c2ccccc2cc2c3ccccc3n(-c3ccc(-c4nc(-c5ccccc5)nc(-c5cccc(C6=CC=C[C+]=C6)c5)n4)cc3)c12. The summed E-state index contributed by atoms with van der Waals surface area (Å²) in [4.78, 5) is 44.3. The Morgan fingerprint density at radius 3 is 0.959 bits per heavy atom. The van der Waals surface area contributed by atoms with Crippen LogP contribution in [0.1, 0.15) is 16.7 Å². The predicted molar refractivity (Wildman–Crippen MR) is 602 cm³/mol. The van der Waals surface area contributed by atoms with E-state index < -0.39 is 0 Å². The van der Waals surface area contributed by atoms with E-state index in [4.69, 9.17) is 79.7 Å². The number of hydrogen-bond donors (Lipinski definition) is 0. The van der Waals surface area contributed by atoms with Gasteiger partial charge in [-0.3, -0.25) is 0 Å². The van der Waals surface area contributed by atoms with Gasteiger partial charge in [-0.2, -0.15) is 0 Å². The van der Waals surface area contributed by atoms with Crippen LogP contribution < -0.4 is 0 Å². The molecule has 0 saturated heterocycles. The van der Waals surface area contributed by atoms with E-state index in [1.54, 1.807) is 0 Å². The molecular weight excluding hydrogens is 1900 g/mol. The summed E-state index contributed by atoms with van der Waals surface area (Å²) >= 11 is 24.4. The first-order valence-electron chi connectivity index (χ1n) is 47.7. The molecule has 0 radical (unpaired) electrons. The molecule has 5 aromatic heterocycles. The highest BCUT2D eigenvalue weighted by Gasteiger charge is 2.30. The van der Waals surface area contributed by atoms with Gasteiger partial charge in [-0.25, -0.2) is 44.9 Å². The first-order valence-corrected chi connectivity index (χ1v) is 49.7. The Labute approximate surface area is 860 Å². The molecule has 0 saturated carbocycles. The fourth-order valence-corrected chi connectivity index (χ4v) is 20.7. The largest absolute Gasteiger partial charge is 0.308 e. The molecule has 145 heavy (non-hydrogen) atoms. The zero-order valence-electron chi connectivity index (χ0n) is 77.7. The standard InChI is InChI=1S/C43H27ClN4.C43H26ClN4.C27H18BrN3.C17H10Cl/c2*44-39-35-19-8-7-16-32(35)27-37-36-20-9-10-21-38(36)48(40(37)39)34-24-22-30(23-25-34)42-45-41(29-14-5-2-6-15-29)46-43(47-42)33-18-11-17-31(26-33)28-12-3-1-4-13-28;28-24-16-14-21(15-17-24)26-29-25(20-10-5-2-6-11-20)30-27(31-26)23-13-7-12-22(18-23)19-8-3-1-4-9-19;18-17-14-8-4-2-6-12(14)9-15-13-7-3-1-5-11(13)10-16(15)17/h1-27H;1-3,5-27H;1-18H;2-9H,10H2/q;+1;;+1. The number of halogens is 4. The van der Waals surface area contributed by atoms with Crippen LogP contribution in [0.15, 0.2) is 489 Å². The summed E-state index contributed by atoms with van der Waals surface area (Å²) in [6.07, 6.45) is 21.4. The maximum Gasteiger partial charge on any atom is 0.164 e. The average Bonchev–Trinajstić information content (AvgIpc) is 1.57. The molecule has 0 N–H and O–H groups in total. The van der Waals surface area contributed by atoms with Gasteiger partial charge in [0.2, 0.25) is 0 Å². The van der Waals surface area contributed by atoms with Gasteiger partial charge in [0.1, 0.15) is 24.3 Å². The number of hydrogen-bond acceptors (Lipinski definition) is 9. The molecule has 0 spiro atoms. The van der Waals surface area contributed by atoms with Gasteiger partial charge in [-0.1, -0.05) is 372 Å². The number of allylic oxidation sites excluding steroid dienone is 12. The van der Waals surface area contributed by atoms with Crippen molar-refractivity contribution in [3.63, 3.8) is 0 Å². The van der Waals surface area contributed by atoms with Crippen molar-refractivity contribution in [1.29, 1.82) is 0 Å². The van der Waals surface area contributed by atoms with E-state index in [1.807, 2.05) is 206 Å². The summed E-state index contributed by atoms with van der Waals surface area (Å²) in [5, 5.41) is 13.7. The summed E-state index contributed by atoms with van der Waals surface area (Å²) in [6.45, 7) is 0. The number of para-hydroxylation sites is 2. The van der Waals surface area contributed by atoms with Crippen molar-refractivity contribution in [2.75, 3.05) is 0 Å². The van der Waals surface area contributed by atoms with E-state index in [9.17, 15) is 0 Å². The number of aromatic nitrogens is 11. The maximum atomic E-state index is 7.18. The Bertz CT molecular complexity index is 9350. The number of fused-ring (bicyclic) bond motifs is 11. The summed E-state index contributed by atoms with van der Waals surface area (Å²) < 4.78 is 5.53. The second-order valence-electron chi connectivity index (χ2n) is 35.4. The molecule has 27 rings (SSSR count). The van der Waals surface area contributed by atoms with Gasteiger partial charge < -0.3 is 9.13 Å². The molecule has 0 unspecified atom stereocenters. The minimum atomic E-state index is 0.607. The highest BCUT2D eigenvalue weighted by Crippen LogP contribution is 2.47. The minimum Gasteiger partial charge on any atom is -0.308 e. The molecule has 0 fully saturated rings. The molecule has 0 aliphatic heterocycles. The second kappa shape index (κ2) is 39.7. The Kier molecular flexibility index (Phi) is 24.6. The highest BCUT2D eigenvalue weighted by atomic mass is 79.9. The lowest BCUT2D eigenvalue weighted by atomic mass is 9.99. The third kappa shape index (κ3) is 18.1. The topological polar surface area (TPSA) is 126 Å². The average molecular weight is 1980 g/mol. The van der Waals surface area contributed by atoms with Crippen molar-refractivity contribution in [3.8, 4) is 136 Å². The Morgan fingerprint density at radius 2 is 0.559 bits per heavy atom. The van der Waals surface area contributed by atoms with Crippen LogP contribution in [0.4, 0.5) is 0 Å². The highest BCUT2D eigenvalue weighted by molar-refractivity contribution is 9.10. The monoisotopic (exact) mass is 1980 g/mol. The third-order valence-corrected chi connectivity index (χ3v) is 28.1. The molecule has 682 valence electrons. The van der Waals surface area contributed by atoms with Crippen LogP contribution in [0, 0.1) is 12.2 Å². The van der Waals surface area contributed by atoms with Gasteiger partial charge in [0.15, 0.2) is 52.4 Å². The van der Waals surface area contributed by atoms with Crippen molar-refractivity contribution in [1.82, 2.24) is 54.0 Å². The first-order chi connectivity index (χ1) is 71.5. The molecule has 5 heterocycles. The normalized spacial score (nSPS) is 12.2. The molecule has 19 aromatic carbocycles. The van der Waals surface area contributed by atoms with Crippen molar-refractivity contribution in [2.24, 2.45) is 0 Å². The van der Waals surface area contributed by atoms with E-state index in [1.165, 1.54) is 27.7 Å². The number of benzene rings is 19. The first kappa shape index (κ1) is 89.8. The van der Waals surface area contributed by atoms with Gasteiger partial charge in [-0.15, -0.1) is 0 Å². The number of nitrogens with zero attached hydrogens (tertiary/aromatic N) is 11. The molecule has 11 nitrogen and oxygen atoms in total. The van der Waals surface area contributed by atoms with Crippen LogP contribution in [0.2, 0.25) is 15.1 Å². The van der Waals surface area contributed by atoms with Crippen LogP contribution in [-0.2, 0) is 6.42 Å². The van der Waals surface area contributed by atoms with Gasteiger partial charge >= 0.3 is 0 Å². The number of rotatable bonds is 14. The van der Waals surface area contributed by atoms with Crippen LogP contribution in [-0.4, -0.2) is 54.0 Å². The van der Waals surface area contributed by atoms with Crippen molar-refractivity contribution in [3.05, 3.63) is 533 Å². The zero-order valence-corrected chi connectivity index (χ0v) is 81.6. The van der Waals surface area contributed by atoms with E-state index >= 15 is 0 Å². The lowest BCUT2D eigenvalue weighted by Crippen LogP contribution is -2.01. The Morgan fingerprint density at radius 1 is 0.248 bits per heavy atom. The summed E-state index contributed by atoms with van der Waals surface area (Å²) in [6, 6.07) is 149. The van der Waals surface area contributed by atoms with Gasteiger partial charge in [0.05, 0.1) is 66.0 Å². The Balaban J connectivity index is 0.000000109. The van der Waals surface area contributed by atoms with Crippen LogP contribution in [0.5, 0.6) is 0 Å². The molecule has 0 atom stereocenters. The van der Waals surface area contributed by atoms with E-state index in [2.05, 4.69) is 310 Å². The third-order valence-electron chi connectivity index (χ3n) is 26.4. The summed E-state index contributed by atoms with van der Waals surface area (Å²) in [7, 11) is 0. The summed E-state index contributed by atoms with van der Waals surface area (Å²) in [5.74, 6) is 5.69. The smallest absolute Gasteiger partial charge is 0.164 e. The maximum absolute atomic E-state index is 7.18. The van der Waals surface area contributed by atoms with E-state index in [0.717, 1.165) is 191 Å². The van der Waals surface area contributed by atoms with Crippen LogP contribution in [0.25, 0.3) is 223 Å². The van der Waals surface area contributed by atoms with Crippen molar-refractivity contribution >= 4 is 138 Å². The van der Waals surface area contributed by atoms with E-state index in [0.29, 0.717) is 52.4 Å². The lowest BCUT2D eigenvalue weighted by Gasteiger charge is -2.12. The molecule has 0 bridgehead atoms. The zero-order chi connectivity index (χ0) is 97.2. The molecular formula is C130H81BrCl3N11+2. The van der Waals surface area contributed by atoms with Crippen molar-refractivity contribution in [2.45, 2.75) is 6.42 Å². The fraction of sp³-hybridized carbons (Fsp3) is 0.00769. The van der Waals surface area contributed by atoms with E-state index in [-0.39, 0.29) is 0 Å². The molecule has 0 amide bonds. The van der Waals surface area contributed by atoms with Gasteiger partial charge in [0, 0.05) is 139 Å². The minimum absolute atomic E-state index is 0.607. The summed E-state index contributed by atoms with van der Waals surface area (Å²) in [5.41, 5.74) is 26.5. The van der Waals surface area contributed by atoms with Gasteiger partial charge in [-0.05, 0) is 159 Å². The Hall–Kier alpha value is -17.8.